The van der Waals surface area contributed by atoms with Gasteiger partial charge in [0.05, 0.1) is 6.54 Å². The van der Waals surface area contributed by atoms with Gasteiger partial charge in [0.25, 0.3) is 0 Å². The van der Waals surface area contributed by atoms with Gasteiger partial charge in [-0.2, -0.15) is 0 Å². The molecule has 0 spiro atoms. The summed E-state index contributed by atoms with van der Waals surface area (Å²) < 4.78 is 0. The molecule has 1 unspecified atom stereocenters. The Labute approximate surface area is 117 Å². The number of amides is 1. The predicted molar refractivity (Wildman–Crippen MR) is 74.2 cm³/mol. The fourth-order valence-electron chi connectivity index (χ4n) is 1.42. The van der Waals surface area contributed by atoms with E-state index < -0.39 is 0 Å². The molecule has 1 atom stereocenters. The smallest absolute Gasteiger partial charge is 0.233 e. The van der Waals surface area contributed by atoms with Crippen molar-refractivity contribution in [3.8, 4) is 0 Å². The van der Waals surface area contributed by atoms with Gasteiger partial charge in [-0.05, 0) is 17.7 Å². The van der Waals surface area contributed by atoms with Crippen LogP contribution < -0.4 is 11.1 Å². The van der Waals surface area contributed by atoms with Crippen LogP contribution in [0, 0.1) is 0 Å². The van der Waals surface area contributed by atoms with Gasteiger partial charge in [0, 0.05) is 22.5 Å². The molecule has 3 N–H and O–H groups in total. The maximum Gasteiger partial charge on any atom is 0.233 e. The fourth-order valence-corrected chi connectivity index (χ4v) is 2.19. The third-order valence-corrected chi connectivity index (χ3v) is 2.94. The van der Waals surface area contributed by atoms with E-state index in [2.05, 4.69) is 5.32 Å². The van der Waals surface area contributed by atoms with E-state index in [1.807, 2.05) is 6.92 Å². The number of nitrogens with two attached hydrogens (primary N) is 1. The van der Waals surface area contributed by atoms with Crippen molar-refractivity contribution in [2.24, 2.45) is 5.73 Å². The van der Waals surface area contributed by atoms with Crippen LogP contribution in [0.2, 0.25) is 10.0 Å². The van der Waals surface area contributed by atoms with Crippen molar-refractivity contribution in [3.63, 3.8) is 0 Å². The standard InChI is InChI=1S/C11H14Cl2N2O.ClH/c1-7(6-15-10(16)5-14)11-8(12)3-2-4-9(11)13;/h2-4,7H,5-6,14H2,1H3,(H,15,16);1H. The third kappa shape index (κ3) is 4.72. The Hall–Kier alpha value is -0.480. The maximum absolute atomic E-state index is 11.0. The number of carbonyl (C=O) groups excluding carboxylic acids is 1. The molecule has 0 aromatic heterocycles. The van der Waals surface area contributed by atoms with Gasteiger partial charge in [-0.1, -0.05) is 36.2 Å². The molecule has 96 valence electrons. The Morgan fingerprint density at radius 1 is 1.41 bits per heavy atom. The lowest BCUT2D eigenvalue weighted by Gasteiger charge is -2.15. The minimum absolute atomic E-state index is 0. The molecule has 0 saturated carbocycles. The highest BCUT2D eigenvalue weighted by Crippen LogP contribution is 2.30. The van der Waals surface area contributed by atoms with Crippen LogP contribution >= 0.6 is 35.6 Å². The number of nitrogens with one attached hydrogen (secondary N) is 1. The molecule has 3 nitrogen and oxygen atoms in total. The molecular weight excluding hydrogens is 282 g/mol. The van der Waals surface area contributed by atoms with Crippen LogP contribution in [0.15, 0.2) is 18.2 Å². The summed E-state index contributed by atoms with van der Waals surface area (Å²) in [7, 11) is 0. The molecule has 0 saturated heterocycles. The first-order valence-corrected chi connectivity index (χ1v) is 5.72. The number of hydrogen-bond acceptors (Lipinski definition) is 2. The zero-order valence-corrected chi connectivity index (χ0v) is 11.7. The van der Waals surface area contributed by atoms with E-state index in [0.717, 1.165) is 5.56 Å². The molecule has 0 bridgehead atoms. The van der Waals surface area contributed by atoms with E-state index in [4.69, 9.17) is 28.9 Å². The minimum atomic E-state index is -0.185. The summed E-state index contributed by atoms with van der Waals surface area (Å²) in [5.41, 5.74) is 6.04. The summed E-state index contributed by atoms with van der Waals surface area (Å²) >= 11 is 12.1. The normalized spacial score (nSPS) is 11.5. The van der Waals surface area contributed by atoms with Crippen molar-refractivity contribution < 1.29 is 4.79 Å². The Morgan fingerprint density at radius 2 is 1.94 bits per heavy atom. The lowest BCUT2D eigenvalue weighted by molar-refractivity contribution is -0.119. The molecule has 1 aromatic carbocycles. The Balaban J connectivity index is 0.00000256. The zero-order valence-electron chi connectivity index (χ0n) is 9.37. The highest BCUT2D eigenvalue weighted by Gasteiger charge is 2.13. The van der Waals surface area contributed by atoms with Gasteiger partial charge in [-0.3, -0.25) is 4.79 Å². The Kier molecular flexibility index (Phi) is 7.55. The van der Waals surface area contributed by atoms with Crippen LogP contribution in [0.1, 0.15) is 18.4 Å². The van der Waals surface area contributed by atoms with Crippen LogP contribution in [-0.2, 0) is 4.79 Å². The van der Waals surface area contributed by atoms with E-state index in [1.165, 1.54) is 0 Å². The van der Waals surface area contributed by atoms with Crippen molar-refractivity contribution in [1.82, 2.24) is 5.32 Å². The average molecular weight is 298 g/mol. The molecule has 17 heavy (non-hydrogen) atoms. The highest BCUT2D eigenvalue weighted by atomic mass is 35.5. The molecular formula is C11H15Cl3N2O. The van der Waals surface area contributed by atoms with Crippen LogP contribution in [0.25, 0.3) is 0 Å². The number of carbonyl (C=O) groups is 1. The molecule has 1 rings (SSSR count). The summed E-state index contributed by atoms with van der Waals surface area (Å²) in [6.45, 7) is 2.41. The van der Waals surface area contributed by atoms with Crippen LogP contribution in [0.3, 0.4) is 0 Å². The Morgan fingerprint density at radius 3 is 2.41 bits per heavy atom. The first-order chi connectivity index (χ1) is 7.56. The first-order valence-electron chi connectivity index (χ1n) is 4.97. The summed E-state index contributed by atoms with van der Waals surface area (Å²) in [4.78, 5) is 11.0. The molecule has 0 aliphatic rings. The molecule has 0 fully saturated rings. The average Bonchev–Trinajstić information content (AvgIpc) is 2.25. The SMILES string of the molecule is CC(CNC(=O)CN)c1c(Cl)cccc1Cl.Cl. The second-order valence-electron chi connectivity index (χ2n) is 3.54. The van der Waals surface area contributed by atoms with Gasteiger partial charge in [0.1, 0.15) is 0 Å². The molecule has 0 aliphatic carbocycles. The fraction of sp³-hybridized carbons (Fsp3) is 0.364. The van der Waals surface area contributed by atoms with Crippen LogP contribution in [-0.4, -0.2) is 19.0 Å². The number of benzene rings is 1. The summed E-state index contributed by atoms with van der Waals surface area (Å²) in [5.74, 6) is -0.133. The van der Waals surface area contributed by atoms with E-state index in [9.17, 15) is 4.79 Å². The number of halogens is 3. The minimum Gasteiger partial charge on any atom is -0.354 e. The van der Waals surface area contributed by atoms with Gasteiger partial charge in [0.2, 0.25) is 5.91 Å². The first kappa shape index (κ1) is 16.5. The molecule has 1 amide bonds. The second-order valence-corrected chi connectivity index (χ2v) is 4.36. The van der Waals surface area contributed by atoms with E-state index in [1.54, 1.807) is 18.2 Å². The summed E-state index contributed by atoms with van der Waals surface area (Å²) in [6.07, 6.45) is 0. The summed E-state index contributed by atoms with van der Waals surface area (Å²) in [6, 6.07) is 5.35. The highest BCUT2D eigenvalue weighted by molar-refractivity contribution is 6.36. The maximum atomic E-state index is 11.0. The molecule has 0 heterocycles. The second kappa shape index (κ2) is 7.77. The largest absolute Gasteiger partial charge is 0.354 e. The van der Waals surface area contributed by atoms with Gasteiger partial charge in [-0.15, -0.1) is 12.4 Å². The van der Waals surface area contributed by atoms with Gasteiger partial charge < -0.3 is 11.1 Å². The van der Waals surface area contributed by atoms with Gasteiger partial charge in [-0.25, -0.2) is 0 Å². The van der Waals surface area contributed by atoms with Crippen LogP contribution in [0.4, 0.5) is 0 Å². The van der Waals surface area contributed by atoms with Crippen molar-refractivity contribution in [2.45, 2.75) is 12.8 Å². The van der Waals surface area contributed by atoms with E-state index in [0.29, 0.717) is 16.6 Å². The Bertz CT molecular complexity index is 365. The number of rotatable bonds is 4. The third-order valence-electron chi connectivity index (χ3n) is 2.28. The van der Waals surface area contributed by atoms with Crippen molar-refractivity contribution in [2.75, 3.05) is 13.1 Å². The number of hydrogen-bond donors (Lipinski definition) is 2. The van der Waals surface area contributed by atoms with E-state index >= 15 is 0 Å². The van der Waals surface area contributed by atoms with E-state index in [-0.39, 0.29) is 30.8 Å². The van der Waals surface area contributed by atoms with Crippen molar-refractivity contribution in [3.05, 3.63) is 33.8 Å². The lowest BCUT2D eigenvalue weighted by atomic mass is 10.0. The van der Waals surface area contributed by atoms with Crippen LogP contribution in [0.5, 0.6) is 0 Å². The van der Waals surface area contributed by atoms with Crippen molar-refractivity contribution >= 4 is 41.5 Å². The zero-order chi connectivity index (χ0) is 12.1. The predicted octanol–water partition coefficient (Wildman–Crippen LogP) is 2.59. The molecule has 6 heteroatoms. The summed E-state index contributed by atoms with van der Waals surface area (Å²) in [5, 5.41) is 3.93. The van der Waals surface area contributed by atoms with Gasteiger partial charge >= 0.3 is 0 Å². The molecule has 1 aromatic rings. The molecule has 0 aliphatic heterocycles. The lowest BCUT2D eigenvalue weighted by Crippen LogP contribution is -2.33. The topological polar surface area (TPSA) is 55.1 Å². The molecule has 0 radical (unpaired) electrons. The monoisotopic (exact) mass is 296 g/mol. The van der Waals surface area contributed by atoms with Crippen molar-refractivity contribution in [1.29, 1.82) is 0 Å². The van der Waals surface area contributed by atoms with Gasteiger partial charge in [0.15, 0.2) is 0 Å². The quantitative estimate of drug-likeness (QED) is 0.897.